The first-order valence-corrected chi connectivity index (χ1v) is 8.46. The topological polar surface area (TPSA) is 79.3 Å². The summed E-state index contributed by atoms with van der Waals surface area (Å²) in [4.78, 5) is 33.2. The Kier molecular flexibility index (Phi) is 4.13. The molecule has 0 aromatic carbocycles. The molecule has 2 aromatic heterocycles. The summed E-state index contributed by atoms with van der Waals surface area (Å²) in [5.41, 5.74) is 1.55. The molecule has 0 spiro atoms. The van der Waals surface area contributed by atoms with Crippen LogP contribution in [0.2, 0.25) is 0 Å². The van der Waals surface area contributed by atoms with E-state index < -0.39 is 0 Å². The molecule has 2 atom stereocenters. The van der Waals surface area contributed by atoms with Crippen molar-refractivity contribution in [3.05, 3.63) is 54.1 Å². The fourth-order valence-electron chi connectivity index (χ4n) is 3.74. The Morgan fingerprint density at radius 2 is 2.08 bits per heavy atom. The Labute approximate surface area is 145 Å². The third kappa shape index (κ3) is 3.09. The largest absolute Gasteiger partial charge is 0.338 e. The van der Waals surface area contributed by atoms with Crippen molar-refractivity contribution in [1.29, 1.82) is 0 Å². The van der Waals surface area contributed by atoms with E-state index in [0.29, 0.717) is 25.2 Å². The summed E-state index contributed by atoms with van der Waals surface area (Å²) in [5.74, 6) is 0.208. The van der Waals surface area contributed by atoms with Crippen molar-refractivity contribution in [2.45, 2.75) is 13.0 Å². The summed E-state index contributed by atoms with van der Waals surface area (Å²) in [6.07, 6.45) is 7.43. The fraction of sp³-hybridized carbons (Fsp3) is 0.389. The number of carbonyl (C=O) groups excluding carboxylic acids is 2. The predicted molar refractivity (Wildman–Crippen MR) is 89.2 cm³/mol. The van der Waals surface area contributed by atoms with Crippen LogP contribution in [0.25, 0.3) is 0 Å². The van der Waals surface area contributed by atoms with E-state index in [1.165, 1.54) is 12.4 Å². The number of rotatable bonds is 3. The van der Waals surface area contributed by atoms with E-state index in [1.54, 1.807) is 23.4 Å². The third-order valence-corrected chi connectivity index (χ3v) is 5.05. The number of piperidine rings is 1. The average molecular weight is 337 g/mol. The smallest absolute Gasteiger partial charge is 0.255 e. The lowest BCUT2D eigenvalue weighted by Crippen LogP contribution is -2.44. The first-order chi connectivity index (χ1) is 12.2. The minimum absolute atomic E-state index is 0.0732. The molecule has 128 valence electrons. The van der Waals surface area contributed by atoms with E-state index in [2.05, 4.69) is 15.2 Å². The Morgan fingerprint density at radius 3 is 2.84 bits per heavy atom. The van der Waals surface area contributed by atoms with Crippen LogP contribution in [0, 0.1) is 11.8 Å². The van der Waals surface area contributed by atoms with Crippen molar-refractivity contribution in [2.24, 2.45) is 11.8 Å². The average Bonchev–Trinajstić information content (AvgIpc) is 3.10. The minimum Gasteiger partial charge on any atom is -0.338 e. The van der Waals surface area contributed by atoms with Crippen LogP contribution in [0.3, 0.4) is 0 Å². The number of hydrogen-bond acceptors (Lipinski definition) is 5. The SMILES string of the molecule is O=C(c1ccnnc1)N1C[C@@H]2CCN(Cc3cccnc3)C(=O)[C@@H]2C1. The molecule has 4 rings (SSSR count). The first kappa shape index (κ1) is 15.7. The van der Waals surface area contributed by atoms with Gasteiger partial charge in [-0.05, 0) is 30.0 Å². The zero-order valence-corrected chi connectivity index (χ0v) is 13.8. The van der Waals surface area contributed by atoms with E-state index >= 15 is 0 Å². The summed E-state index contributed by atoms with van der Waals surface area (Å²) < 4.78 is 0. The lowest BCUT2D eigenvalue weighted by molar-refractivity contribution is -0.140. The standard InChI is InChI=1S/C18H19N5O2/c24-17(14-3-6-20-21-9-14)23-11-15-4-7-22(18(25)16(15)12-23)10-13-2-1-5-19-8-13/h1-3,5-6,8-9,15-16H,4,7,10-12H2/t15-,16+/m0/s1. The highest BCUT2D eigenvalue weighted by atomic mass is 16.2. The van der Waals surface area contributed by atoms with Crippen LogP contribution in [-0.4, -0.2) is 56.4 Å². The molecule has 2 saturated heterocycles. The van der Waals surface area contributed by atoms with Gasteiger partial charge in [0.1, 0.15) is 0 Å². The second-order valence-corrected chi connectivity index (χ2v) is 6.62. The number of fused-ring (bicyclic) bond motifs is 1. The third-order valence-electron chi connectivity index (χ3n) is 5.05. The lowest BCUT2D eigenvalue weighted by Gasteiger charge is -2.33. The molecular formula is C18H19N5O2. The van der Waals surface area contributed by atoms with E-state index in [4.69, 9.17) is 0 Å². The van der Waals surface area contributed by atoms with Gasteiger partial charge in [-0.1, -0.05) is 6.07 Å². The number of aromatic nitrogens is 3. The molecule has 0 N–H and O–H groups in total. The molecule has 0 radical (unpaired) electrons. The molecule has 0 saturated carbocycles. The van der Waals surface area contributed by atoms with Crippen LogP contribution >= 0.6 is 0 Å². The molecule has 2 aliphatic rings. The van der Waals surface area contributed by atoms with Crippen LogP contribution < -0.4 is 0 Å². The van der Waals surface area contributed by atoms with Crippen LogP contribution in [-0.2, 0) is 11.3 Å². The second-order valence-electron chi connectivity index (χ2n) is 6.62. The zero-order valence-electron chi connectivity index (χ0n) is 13.8. The molecule has 7 nitrogen and oxygen atoms in total. The van der Waals surface area contributed by atoms with Crippen LogP contribution in [0.1, 0.15) is 22.3 Å². The molecule has 0 bridgehead atoms. The Balaban J connectivity index is 1.44. The molecule has 2 aromatic rings. The summed E-state index contributed by atoms with van der Waals surface area (Å²) >= 11 is 0. The second kappa shape index (κ2) is 6.58. The van der Waals surface area contributed by atoms with E-state index in [-0.39, 0.29) is 23.7 Å². The summed E-state index contributed by atoms with van der Waals surface area (Å²) in [7, 11) is 0. The molecule has 0 unspecified atom stereocenters. The van der Waals surface area contributed by atoms with Crippen molar-refractivity contribution >= 4 is 11.8 Å². The highest BCUT2D eigenvalue weighted by molar-refractivity contribution is 5.94. The predicted octanol–water partition coefficient (Wildman–Crippen LogP) is 0.992. The minimum atomic E-state index is -0.107. The van der Waals surface area contributed by atoms with Gasteiger partial charge in [0.25, 0.3) is 5.91 Å². The van der Waals surface area contributed by atoms with Crippen LogP contribution in [0.5, 0.6) is 0 Å². The number of likely N-dealkylation sites (tertiary alicyclic amines) is 2. The van der Waals surface area contributed by atoms with E-state index in [9.17, 15) is 9.59 Å². The maximum Gasteiger partial charge on any atom is 0.255 e. The van der Waals surface area contributed by atoms with Gasteiger partial charge >= 0.3 is 0 Å². The van der Waals surface area contributed by atoms with Crippen molar-refractivity contribution < 1.29 is 9.59 Å². The molecule has 4 heterocycles. The number of carbonyl (C=O) groups is 2. The summed E-state index contributed by atoms with van der Waals surface area (Å²) in [6.45, 7) is 2.43. The monoisotopic (exact) mass is 337 g/mol. The zero-order chi connectivity index (χ0) is 17.2. The molecule has 7 heteroatoms. The van der Waals surface area contributed by atoms with Gasteiger partial charge in [-0.3, -0.25) is 14.6 Å². The maximum atomic E-state index is 12.9. The highest BCUT2D eigenvalue weighted by Crippen LogP contribution is 2.33. The Hall–Kier alpha value is -2.83. The summed E-state index contributed by atoms with van der Waals surface area (Å²) in [5, 5.41) is 7.47. The van der Waals surface area contributed by atoms with Gasteiger partial charge in [-0.15, -0.1) is 0 Å². The fourth-order valence-corrected chi connectivity index (χ4v) is 3.74. The van der Waals surface area contributed by atoms with Crippen molar-refractivity contribution in [1.82, 2.24) is 25.0 Å². The molecule has 2 amide bonds. The number of nitrogens with zero attached hydrogens (tertiary/aromatic N) is 5. The molecule has 25 heavy (non-hydrogen) atoms. The number of amides is 2. The van der Waals surface area contributed by atoms with Gasteiger partial charge < -0.3 is 9.80 Å². The van der Waals surface area contributed by atoms with Gasteiger partial charge in [-0.25, -0.2) is 0 Å². The van der Waals surface area contributed by atoms with Gasteiger partial charge in [0.2, 0.25) is 5.91 Å². The van der Waals surface area contributed by atoms with Crippen LogP contribution in [0.15, 0.2) is 43.0 Å². The van der Waals surface area contributed by atoms with E-state index in [0.717, 1.165) is 18.5 Å². The molecule has 0 aliphatic carbocycles. The summed E-state index contributed by atoms with van der Waals surface area (Å²) in [6, 6.07) is 5.52. The molecule has 2 fully saturated rings. The van der Waals surface area contributed by atoms with E-state index in [1.807, 2.05) is 17.0 Å². The normalized spacial score (nSPS) is 22.8. The number of hydrogen-bond donors (Lipinski definition) is 0. The van der Waals surface area contributed by atoms with Crippen molar-refractivity contribution in [3.8, 4) is 0 Å². The van der Waals surface area contributed by atoms with Gasteiger partial charge in [-0.2, -0.15) is 10.2 Å². The van der Waals surface area contributed by atoms with Crippen molar-refractivity contribution in [3.63, 3.8) is 0 Å². The number of pyridine rings is 1. The molecule has 2 aliphatic heterocycles. The Morgan fingerprint density at radius 1 is 1.16 bits per heavy atom. The van der Waals surface area contributed by atoms with Crippen LogP contribution in [0.4, 0.5) is 0 Å². The highest BCUT2D eigenvalue weighted by Gasteiger charge is 2.44. The molecular weight excluding hydrogens is 318 g/mol. The quantitative estimate of drug-likeness (QED) is 0.834. The van der Waals surface area contributed by atoms with Crippen molar-refractivity contribution in [2.75, 3.05) is 19.6 Å². The van der Waals surface area contributed by atoms with Gasteiger partial charge in [0.15, 0.2) is 0 Å². The lowest BCUT2D eigenvalue weighted by atomic mass is 9.88. The first-order valence-electron chi connectivity index (χ1n) is 8.46. The van der Waals surface area contributed by atoms with Gasteiger partial charge in [0.05, 0.1) is 23.9 Å². The Bertz CT molecular complexity index is 768. The maximum absolute atomic E-state index is 12.9. The van der Waals surface area contributed by atoms with Gasteiger partial charge in [0, 0.05) is 38.6 Å².